The lowest BCUT2D eigenvalue weighted by Crippen LogP contribution is -2.52. The van der Waals surface area contributed by atoms with Crippen LogP contribution in [-0.2, 0) is 14.3 Å². The van der Waals surface area contributed by atoms with Gasteiger partial charge in [0.25, 0.3) is 0 Å². The molecule has 174 valence electrons. The van der Waals surface area contributed by atoms with Crippen molar-refractivity contribution >= 4 is 28.7 Å². The molecule has 4 rings (SSSR count). The number of carbonyl (C=O) groups excluding carboxylic acids is 3. The number of benzene rings is 3. The highest BCUT2D eigenvalue weighted by atomic mass is 16.6. The normalized spacial score (nSPS) is 16.7. The van der Waals surface area contributed by atoms with Gasteiger partial charge in [0.2, 0.25) is 0 Å². The molecular weight excluding hydrogens is 432 g/mol. The summed E-state index contributed by atoms with van der Waals surface area (Å²) in [5, 5.41) is 4.94. The van der Waals surface area contributed by atoms with E-state index in [1.54, 1.807) is 51.1 Å². The Balaban J connectivity index is 1.70. The van der Waals surface area contributed by atoms with Gasteiger partial charge < -0.3 is 14.8 Å². The molecule has 34 heavy (non-hydrogen) atoms. The van der Waals surface area contributed by atoms with Crippen molar-refractivity contribution < 1.29 is 23.9 Å². The van der Waals surface area contributed by atoms with Gasteiger partial charge in [-0.3, -0.25) is 4.90 Å². The molecule has 3 aromatic rings. The zero-order valence-corrected chi connectivity index (χ0v) is 19.3. The molecule has 0 saturated carbocycles. The third-order valence-electron chi connectivity index (χ3n) is 5.78. The van der Waals surface area contributed by atoms with Gasteiger partial charge in [0, 0.05) is 5.70 Å². The minimum absolute atomic E-state index is 0.187. The van der Waals surface area contributed by atoms with Crippen LogP contribution in [0.1, 0.15) is 42.7 Å². The second-order valence-electron chi connectivity index (χ2n) is 7.95. The monoisotopic (exact) mass is 458 g/mol. The van der Waals surface area contributed by atoms with E-state index in [0.29, 0.717) is 16.8 Å². The Kier molecular flexibility index (Phi) is 6.63. The summed E-state index contributed by atoms with van der Waals surface area (Å²) in [6.07, 6.45) is -0.949. The molecule has 0 aliphatic carbocycles. The number of allylic oxidation sites excluding steroid dienone is 1. The van der Waals surface area contributed by atoms with Crippen molar-refractivity contribution in [3.63, 3.8) is 0 Å². The van der Waals surface area contributed by atoms with E-state index in [1.165, 1.54) is 4.90 Å². The van der Waals surface area contributed by atoms with Crippen LogP contribution < -0.4 is 5.32 Å². The second-order valence-corrected chi connectivity index (χ2v) is 7.95. The molecule has 2 atom stereocenters. The predicted octanol–water partition coefficient (Wildman–Crippen LogP) is 4.95. The summed E-state index contributed by atoms with van der Waals surface area (Å²) in [6, 6.07) is 21.0. The highest BCUT2D eigenvalue weighted by Crippen LogP contribution is 2.34. The van der Waals surface area contributed by atoms with E-state index in [9.17, 15) is 14.4 Å². The maximum atomic E-state index is 13.2. The molecule has 0 radical (unpaired) electrons. The summed E-state index contributed by atoms with van der Waals surface area (Å²) >= 11 is 0. The summed E-state index contributed by atoms with van der Waals surface area (Å²) in [4.78, 5) is 40.0. The molecule has 7 heteroatoms. The molecule has 1 aliphatic heterocycles. The number of fused-ring (bicyclic) bond motifs is 1. The lowest BCUT2D eigenvalue weighted by atomic mass is 9.93. The molecule has 0 saturated heterocycles. The molecule has 2 amide bonds. The van der Waals surface area contributed by atoms with Crippen LogP contribution in [0.4, 0.5) is 4.79 Å². The van der Waals surface area contributed by atoms with Crippen molar-refractivity contribution in [3.05, 3.63) is 95.2 Å². The number of rotatable bonds is 6. The lowest BCUT2D eigenvalue weighted by molar-refractivity contribution is -0.139. The van der Waals surface area contributed by atoms with E-state index in [1.807, 2.05) is 42.5 Å². The molecule has 1 heterocycles. The molecule has 1 N–H and O–H groups in total. The summed E-state index contributed by atoms with van der Waals surface area (Å²) in [5.74, 6) is -1.10. The van der Waals surface area contributed by atoms with Crippen LogP contribution in [0.2, 0.25) is 0 Å². The van der Waals surface area contributed by atoms with Crippen LogP contribution in [0.15, 0.2) is 84.1 Å². The van der Waals surface area contributed by atoms with Gasteiger partial charge in [-0.2, -0.15) is 0 Å². The fourth-order valence-electron chi connectivity index (χ4n) is 4.16. The second kappa shape index (κ2) is 9.79. The van der Waals surface area contributed by atoms with Gasteiger partial charge in [-0.1, -0.05) is 54.6 Å². The van der Waals surface area contributed by atoms with E-state index in [0.717, 1.165) is 16.3 Å². The van der Waals surface area contributed by atoms with Gasteiger partial charge in [0.05, 0.1) is 23.8 Å². The van der Waals surface area contributed by atoms with Crippen LogP contribution in [0.3, 0.4) is 0 Å². The Morgan fingerprint density at radius 3 is 2.35 bits per heavy atom. The smallest absolute Gasteiger partial charge is 0.340 e. The number of hydrogen-bond acceptors (Lipinski definition) is 5. The molecule has 2 unspecified atom stereocenters. The van der Waals surface area contributed by atoms with Crippen LogP contribution >= 0.6 is 0 Å². The highest BCUT2D eigenvalue weighted by molar-refractivity contribution is 5.96. The van der Waals surface area contributed by atoms with Crippen LogP contribution in [0.5, 0.6) is 0 Å². The number of urea groups is 1. The first-order valence-electron chi connectivity index (χ1n) is 11.1. The van der Waals surface area contributed by atoms with E-state index < -0.39 is 30.2 Å². The van der Waals surface area contributed by atoms with Crippen LogP contribution in [-0.4, -0.2) is 35.7 Å². The SMILES string of the molecule is CCOC(=O)C1=C(C)N(C(C)OC(=O)c2ccccc2)C(=O)NC1c1ccc2ccccc2c1. The molecule has 0 spiro atoms. The van der Waals surface area contributed by atoms with Crippen molar-refractivity contribution in [3.8, 4) is 0 Å². The van der Waals surface area contributed by atoms with E-state index in [4.69, 9.17) is 9.47 Å². The first kappa shape index (κ1) is 23.0. The average molecular weight is 459 g/mol. The highest BCUT2D eigenvalue weighted by Gasteiger charge is 2.39. The number of carbonyl (C=O) groups is 3. The standard InChI is InChI=1S/C27H26N2O5/c1-4-33-26(31)23-17(2)29(18(3)34-25(30)20-11-6-5-7-12-20)27(32)28-24(23)22-15-14-19-10-8-9-13-21(19)16-22/h5-16,18,24H,4H2,1-3H3,(H,28,32). The first-order chi connectivity index (χ1) is 16.4. The topological polar surface area (TPSA) is 84.9 Å². The van der Waals surface area contributed by atoms with Crippen LogP contribution in [0.25, 0.3) is 10.8 Å². The van der Waals surface area contributed by atoms with E-state index in [2.05, 4.69) is 5.32 Å². The Labute approximate surface area is 198 Å². The maximum absolute atomic E-state index is 13.2. The van der Waals surface area contributed by atoms with Crippen LogP contribution in [0, 0.1) is 0 Å². The number of nitrogens with one attached hydrogen (secondary N) is 1. The Hall–Kier alpha value is -4.13. The maximum Gasteiger partial charge on any atom is 0.340 e. The number of esters is 2. The Morgan fingerprint density at radius 1 is 0.971 bits per heavy atom. The zero-order chi connectivity index (χ0) is 24.2. The van der Waals surface area contributed by atoms with E-state index >= 15 is 0 Å². The lowest BCUT2D eigenvalue weighted by Gasteiger charge is -2.38. The third kappa shape index (κ3) is 4.50. The summed E-state index contributed by atoms with van der Waals surface area (Å²) < 4.78 is 10.9. The quantitative estimate of drug-likeness (QED) is 0.529. The van der Waals surface area contributed by atoms with Gasteiger partial charge in [0.1, 0.15) is 0 Å². The fraction of sp³-hybridized carbons (Fsp3) is 0.222. The molecule has 7 nitrogen and oxygen atoms in total. The first-order valence-corrected chi connectivity index (χ1v) is 11.1. The number of nitrogens with zero attached hydrogens (tertiary/aromatic N) is 1. The molecule has 0 fully saturated rings. The van der Waals surface area contributed by atoms with Crippen molar-refractivity contribution in [2.24, 2.45) is 0 Å². The average Bonchev–Trinajstić information content (AvgIpc) is 2.84. The minimum atomic E-state index is -0.949. The largest absolute Gasteiger partial charge is 0.463 e. The van der Waals surface area contributed by atoms with Crippen molar-refractivity contribution in [1.82, 2.24) is 10.2 Å². The molecule has 0 bridgehead atoms. The molecule has 3 aromatic carbocycles. The van der Waals surface area contributed by atoms with Gasteiger partial charge in [-0.05, 0) is 55.3 Å². The molecule has 1 aliphatic rings. The van der Waals surface area contributed by atoms with E-state index in [-0.39, 0.29) is 6.61 Å². The van der Waals surface area contributed by atoms with Gasteiger partial charge >= 0.3 is 18.0 Å². The molecule has 0 aromatic heterocycles. The fourth-order valence-corrected chi connectivity index (χ4v) is 4.16. The summed E-state index contributed by atoms with van der Waals surface area (Å²) in [5.41, 5.74) is 1.78. The van der Waals surface area contributed by atoms with Crippen molar-refractivity contribution in [1.29, 1.82) is 0 Å². The van der Waals surface area contributed by atoms with Crippen molar-refractivity contribution in [2.75, 3.05) is 6.61 Å². The Morgan fingerprint density at radius 2 is 1.65 bits per heavy atom. The number of amides is 2. The predicted molar refractivity (Wildman–Crippen MR) is 128 cm³/mol. The third-order valence-corrected chi connectivity index (χ3v) is 5.78. The number of ether oxygens (including phenoxy) is 2. The summed E-state index contributed by atoms with van der Waals surface area (Å²) in [7, 11) is 0. The van der Waals surface area contributed by atoms with Gasteiger partial charge in [0.15, 0.2) is 6.23 Å². The van der Waals surface area contributed by atoms with Gasteiger partial charge in [-0.25, -0.2) is 14.4 Å². The minimum Gasteiger partial charge on any atom is -0.463 e. The molecular formula is C27H26N2O5. The van der Waals surface area contributed by atoms with Gasteiger partial charge in [-0.15, -0.1) is 0 Å². The number of hydrogen-bond donors (Lipinski definition) is 1. The zero-order valence-electron chi connectivity index (χ0n) is 19.3. The Bertz CT molecular complexity index is 1270. The summed E-state index contributed by atoms with van der Waals surface area (Å²) in [6.45, 7) is 5.16. The van der Waals surface area contributed by atoms with Crippen molar-refractivity contribution in [2.45, 2.75) is 33.0 Å².